The Morgan fingerprint density at radius 1 is 1.19 bits per heavy atom. The molecule has 0 saturated carbocycles. The van der Waals surface area contributed by atoms with Crippen molar-refractivity contribution in [2.45, 2.75) is 26.7 Å². The fraction of sp³-hybridized carbons (Fsp3) is 0.538. The van der Waals surface area contributed by atoms with Gasteiger partial charge in [-0.2, -0.15) is 0 Å². The van der Waals surface area contributed by atoms with Crippen LogP contribution in [0.5, 0.6) is 5.75 Å². The molecule has 90 valence electrons. The first-order valence-electron chi connectivity index (χ1n) is 5.78. The Bertz CT molecular complexity index is 337. The maximum Gasteiger partial charge on any atom is 0.122 e. The summed E-state index contributed by atoms with van der Waals surface area (Å²) in [6, 6.07) is 4.08. The molecular weight excluding hydrogens is 200 g/mol. The molecule has 1 aromatic rings. The van der Waals surface area contributed by atoms with Crippen molar-refractivity contribution in [1.82, 2.24) is 0 Å². The minimum Gasteiger partial charge on any atom is -0.496 e. The van der Waals surface area contributed by atoms with Crippen molar-refractivity contribution in [2.75, 3.05) is 25.5 Å². The summed E-state index contributed by atoms with van der Waals surface area (Å²) < 4.78 is 5.28. The Morgan fingerprint density at radius 2 is 1.94 bits per heavy atom. The molecule has 0 radical (unpaired) electrons. The van der Waals surface area contributed by atoms with Gasteiger partial charge in [-0.15, -0.1) is 0 Å². The molecule has 3 nitrogen and oxygen atoms in total. The Hall–Kier alpha value is -1.22. The smallest absolute Gasteiger partial charge is 0.122 e. The van der Waals surface area contributed by atoms with Gasteiger partial charge in [-0.05, 0) is 56.5 Å². The Kier molecular flexibility index (Phi) is 5.12. The highest BCUT2D eigenvalue weighted by Crippen LogP contribution is 2.27. The van der Waals surface area contributed by atoms with Crippen LogP contribution in [-0.2, 0) is 0 Å². The third-order valence-electron chi connectivity index (χ3n) is 2.90. The van der Waals surface area contributed by atoms with Gasteiger partial charge in [-0.25, -0.2) is 0 Å². The van der Waals surface area contributed by atoms with E-state index in [1.807, 2.05) is 6.07 Å². The number of anilines is 1. The Morgan fingerprint density at radius 3 is 2.56 bits per heavy atom. The summed E-state index contributed by atoms with van der Waals surface area (Å²) in [6.45, 7) is 5.94. The lowest BCUT2D eigenvalue weighted by atomic mass is 10.1. The van der Waals surface area contributed by atoms with Gasteiger partial charge >= 0.3 is 0 Å². The van der Waals surface area contributed by atoms with E-state index in [2.05, 4.69) is 25.2 Å². The van der Waals surface area contributed by atoms with Crippen LogP contribution in [0.2, 0.25) is 0 Å². The van der Waals surface area contributed by atoms with Crippen molar-refractivity contribution in [3.8, 4) is 5.75 Å². The van der Waals surface area contributed by atoms with Gasteiger partial charge in [0.25, 0.3) is 0 Å². The van der Waals surface area contributed by atoms with E-state index in [0.717, 1.165) is 31.7 Å². The van der Waals surface area contributed by atoms with E-state index in [4.69, 9.17) is 10.5 Å². The third kappa shape index (κ3) is 3.14. The number of ether oxygens (including phenoxy) is 1. The van der Waals surface area contributed by atoms with Gasteiger partial charge in [0.2, 0.25) is 0 Å². The van der Waals surface area contributed by atoms with Crippen LogP contribution in [0.25, 0.3) is 0 Å². The van der Waals surface area contributed by atoms with E-state index in [-0.39, 0.29) is 0 Å². The number of nitrogens with one attached hydrogen (secondary N) is 1. The van der Waals surface area contributed by atoms with Crippen molar-refractivity contribution in [3.05, 3.63) is 23.3 Å². The van der Waals surface area contributed by atoms with Gasteiger partial charge in [-0.3, -0.25) is 0 Å². The molecule has 0 aliphatic carbocycles. The van der Waals surface area contributed by atoms with Gasteiger partial charge < -0.3 is 15.8 Å². The molecule has 0 spiro atoms. The van der Waals surface area contributed by atoms with Crippen LogP contribution in [0.4, 0.5) is 5.69 Å². The summed E-state index contributed by atoms with van der Waals surface area (Å²) in [5.74, 6) is 0.949. The summed E-state index contributed by atoms with van der Waals surface area (Å²) in [4.78, 5) is 0. The highest BCUT2D eigenvalue weighted by molar-refractivity contribution is 5.58. The van der Waals surface area contributed by atoms with E-state index in [1.165, 1.54) is 16.8 Å². The standard InChI is InChI=1S/C13H22N2O/c1-10-11(2)13(16-3)7-6-12(10)15-9-5-4-8-14/h6-7,15H,4-5,8-9,14H2,1-3H3. The average molecular weight is 222 g/mol. The van der Waals surface area contributed by atoms with E-state index in [1.54, 1.807) is 7.11 Å². The maximum absolute atomic E-state index is 5.46. The molecule has 0 aliphatic heterocycles. The van der Waals surface area contributed by atoms with Crippen LogP contribution >= 0.6 is 0 Å². The predicted octanol–water partition coefficient (Wildman–Crippen LogP) is 2.46. The second kappa shape index (κ2) is 6.38. The van der Waals surface area contributed by atoms with Crippen LogP contribution in [-0.4, -0.2) is 20.2 Å². The average Bonchev–Trinajstić information content (AvgIpc) is 2.30. The first-order valence-corrected chi connectivity index (χ1v) is 5.78. The largest absolute Gasteiger partial charge is 0.496 e. The van der Waals surface area contributed by atoms with Gasteiger partial charge in [0.15, 0.2) is 0 Å². The fourth-order valence-corrected chi connectivity index (χ4v) is 1.70. The molecule has 3 N–H and O–H groups in total. The number of methoxy groups -OCH3 is 1. The SMILES string of the molecule is COc1ccc(NCCCCN)c(C)c1C. The summed E-state index contributed by atoms with van der Waals surface area (Å²) in [7, 11) is 1.70. The summed E-state index contributed by atoms with van der Waals surface area (Å²) >= 11 is 0. The fourth-order valence-electron chi connectivity index (χ4n) is 1.70. The van der Waals surface area contributed by atoms with Crippen LogP contribution in [0.3, 0.4) is 0 Å². The quantitative estimate of drug-likeness (QED) is 0.727. The summed E-state index contributed by atoms with van der Waals surface area (Å²) in [5, 5.41) is 3.43. The van der Waals surface area contributed by atoms with E-state index in [9.17, 15) is 0 Å². The number of hydrogen-bond donors (Lipinski definition) is 2. The molecular formula is C13H22N2O. The van der Waals surface area contributed by atoms with Gasteiger partial charge in [0.1, 0.15) is 5.75 Å². The molecule has 0 heterocycles. The predicted molar refractivity (Wildman–Crippen MR) is 69.2 cm³/mol. The van der Waals surface area contributed by atoms with Crippen LogP contribution < -0.4 is 15.8 Å². The zero-order chi connectivity index (χ0) is 12.0. The molecule has 0 bridgehead atoms. The van der Waals surface area contributed by atoms with Crippen LogP contribution in [0, 0.1) is 13.8 Å². The molecule has 0 fully saturated rings. The number of nitrogens with two attached hydrogens (primary N) is 1. The molecule has 1 rings (SSSR count). The number of unbranched alkanes of at least 4 members (excludes halogenated alkanes) is 1. The summed E-state index contributed by atoms with van der Waals surface area (Å²) in [6.07, 6.45) is 2.18. The van der Waals surface area contributed by atoms with Crippen molar-refractivity contribution in [3.63, 3.8) is 0 Å². The molecule has 0 amide bonds. The first kappa shape index (κ1) is 12.8. The number of hydrogen-bond acceptors (Lipinski definition) is 3. The molecule has 0 saturated heterocycles. The molecule has 1 aromatic carbocycles. The molecule has 0 aromatic heterocycles. The molecule has 16 heavy (non-hydrogen) atoms. The number of rotatable bonds is 6. The Balaban J connectivity index is 2.64. The minimum atomic E-state index is 0.766. The zero-order valence-corrected chi connectivity index (χ0v) is 10.5. The van der Waals surface area contributed by atoms with Gasteiger partial charge in [-0.1, -0.05) is 0 Å². The topological polar surface area (TPSA) is 47.3 Å². The van der Waals surface area contributed by atoms with E-state index < -0.39 is 0 Å². The molecule has 0 unspecified atom stereocenters. The van der Waals surface area contributed by atoms with Crippen LogP contribution in [0.15, 0.2) is 12.1 Å². The highest BCUT2D eigenvalue weighted by atomic mass is 16.5. The van der Waals surface area contributed by atoms with E-state index >= 15 is 0 Å². The van der Waals surface area contributed by atoms with Crippen molar-refractivity contribution < 1.29 is 4.74 Å². The lowest BCUT2D eigenvalue weighted by Crippen LogP contribution is -2.07. The van der Waals surface area contributed by atoms with Crippen molar-refractivity contribution >= 4 is 5.69 Å². The lowest BCUT2D eigenvalue weighted by molar-refractivity contribution is 0.411. The number of benzene rings is 1. The minimum absolute atomic E-state index is 0.766. The molecule has 3 heteroatoms. The van der Waals surface area contributed by atoms with Gasteiger partial charge in [0, 0.05) is 12.2 Å². The highest BCUT2D eigenvalue weighted by Gasteiger charge is 2.05. The summed E-state index contributed by atoms with van der Waals surface area (Å²) in [5.41, 5.74) is 9.10. The van der Waals surface area contributed by atoms with Crippen molar-refractivity contribution in [1.29, 1.82) is 0 Å². The monoisotopic (exact) mass is 222 g/mol. The van der Waals surface area contributed by atoms with Crippen LogP contribution in [0.1, 0.15) is 24.0 Å². The van der Waals surface area contributed by atoms with Gasteiger partial charge in [0.05, 0.1) is 7.11 Å². The van der Waals surface area contributed by atoms with Crippen molar-refractivity contribution in [2.24, 2.45) is 5.73 Å². The molecule has 0 aliphatic rings. The third-order valence-corrected chi connectivity index (χ3v) is 2.90. The van der Waals surface area contributed by atoms with E-state index in [0.29, 0.717) is 0 Å². The Labute approximate surface area is 98.0 Å². The second-order valence-electron chi connectivity index (χ2n) is 3.99. The lowest BCUT2D eigenvalue weighted by Gasteiger charge is -2.14. The second-order valence-corrected chi connectivity index (χ2v) is 3.99. The molecule has 0 atom stereocenters. The normalized spacial score (nSPS) is 10.2. The zero-order valence-electron chi connectivity index (χ0n) is 10.5. The maximum atomic E-state index is 5.46. The first-order chi connectivity index (χ1) is 7.70.